The van der Waals surface area contributed by atoms with Gasteiger partial charge in [-0.15, -0.1) is 10.2 Å². The van der Waals surface area contributed by atoms with Gasteiger partial charge in [0.1, 0.15) is 16.4 Å². The van der Waals surface area contributed by atoms with Gasteiger partial charge in [0.15, 0.2) is 22.5 Å². The van der Waals surface area contributed by atoms with Gasteiger partial charge in [-0.1, -0.05) is 23.9 Å². The lowest BCUT2D eigenvalue weighted by molar-refractivity contribution is 0.154. The summed E-state index contributed by atoms with van der Waals surface area (Å²) in [6.45, 7) is 2.52. The molecule has 0 amide bonds. The largest absolute Gasteiger partial charge is 0.483 e. The van der Waals surface area contributed by atoms with E-state index >= 15 is 0 Å². The lowest BCUT2D eigenvalue weighted by Crippen LogP contribution is -2.17. The fraction of sp³-hybridized carbons (Fsp3) is 0.556. The Balaban J connectivity index is 2.03. The van der Waals surface area contributed by atoms with Crippen LogP contribution in [0.15, 0.2) is 29.4 Å². The summed E-state index contributed by atoms with van der Waals surface area (Å²) >= 11 is 1.51. The molecule has 0 fully saturated rings. The molecule has 0 aliphatic rings. The topological polar surface area (TPSA) is 83.3 Å². The molecular weight excluding hydrogens is 405 g/mol. The molecule has 2 rings (SSSR count). The van der Waals surface area contributed by atoms with Crippen molar-refractivity contribution in [2.24, 2.45) is 0 Å². The number of unbranched alkanes of at least 4 members (excludes halogenated alkanes) is 1. The zero-order valence-corrected chi connectivity index (χ0v) is 17.9. The third-order valence-electron chi connectivity index (χ3n) is 3.92. The summed E-state index contributed by atoms with van der Waals surface area (Å²) < 4.78 is 48.9. The molecule has 0 saturated carbocycles. The molecule has 0 saturated heterocycles. The van der Waals surface area contributed by atoms with E-state index in [-0.39, 0.29) is 24.2 Å². The summed E-state index contributed by atoms with van der Waals surface area (Å²) in [5.74, 6) is 1.21. The molecule has 7 nitrogen and oxygen atoms in total. The van der Waals surface area contributed by atoms with Gasteiger partial charge in [-0.2, -0.15) is 0 Å². The van der Waals surface area contributed by atoms with Crippen LogP contribution in [0.4, 0.5) is 4.39 Å². The Morgan fingerprint density at radius 3 is 2.68 bits per heavy atom. The molecule has 1 aromatic heterocycles. The first-order chi connectivity index (χ1) is 13.3. The summed E-state index contributed by atoms with van der Waals surface area (Å²) in [5, 5.41) is 9.13. The average Bonchev–Trinajstić information content (AvgIpc) is 3.03. The zero-order valence-electron chi connectivity index (χ0n) is 16.3. The predicted molar refractivity (Wildman–Crippen MR) is 107 cm³/mol. The Hall–Kier alpha value is -1.65. The van der Waals surface area contributed by atoms with Gasteiger partial charge in [0.25, 0.3) is 0 Å². The molecule has 10 heteroatoms. The summed E-state index contributed by atoms with van der Waals surface area (Å²) in [6.07, 6.45) is 2.60. The van der Waals surface area contributed by atoms with Crippen molar-refractivity contribution >= 4 is 21.6 Å². The normalized spacial score (nSPS) is 12.9. The maximum absolute atomic E-state index is 13.8. The second-order valence-electron chi connectivity index (χ2n) is 6.48. The van der Waals surface area contributed by atoms with E-state index in [1.54, 1.807) is 25.3 Å². The molecule has 0 unspecified atom stereocenters. The number of halogens is 1. The number of hydrogen-bond donors (Lipinski definition) is 0. The SMILES string of the molecule is COC[C@@H](C)n1c(COc2ccccc2F)nnc1SCCCCS(C)(=O)=O. The Morgan fingerprint density at radius 1 is 1.25 bits per heavy atom. The van der Waals surface area contributed by atoms with Crippen LogP contribution in [0.25, 0.3) is 0 Å². The Kier molecular flexibility index (Phi) is 8.71. The van der Waals surface area contributed by atoms with E-state index in [2.05, 4.69) is 10.2 Å². The molecule has 2 aromatic rings. The van der Waals surface area contributed by atoms with Gasteiger partial charge >= 0.3 is 0 Å². The molecule has 0 bridgehead atoms. The Bertz CT molecular complexity index is 858. The van der Waals surface area contributed by atoms with Crippen molar-refractivity contribution < 1.29 is 22.3 Å². The monoisotopic (exact) mass is 431 g/mol. The van der Waals surface area contributed by atoms with E-state index in [0.717, 1.165) is 12.2 Å². The average molecular weight is 432 g/mol. The van der Waals surface area contributed by atoms with Crippen LogP contribution in [0.1, 0.15) is 31.6 Å². The van der Waals surface area contributed by atoms with E-state index in [1.165, 1.54) is 24.1 Å². The van der Waals surface area contributed by atoms with E-state index in [4.69, 9.17) is 9.47 Å². The molecular formula is C18H26FN3O4S2. The van der Waals surface area contributed by atoms with Crippen molar-refractivity contribution in [1.82, 2.24) is 14.8 Å². The van der Waals surface area contributed by atoms with Gasteiger partial charge < -0.3 is 9.47 Å². The predicted octanol–water partition coefficient (Wildman–Crippen LogP) is 3.12. The second kappa shape index (κ2) is 10.8. The van der Waals surface area contributed by atoms with Crippen molar-refractivity contribution in [3.05, 3.63) is 35.9 Å². The van der Waals surface area contributed by atoms with Crippen LogP contribution in [0, 0.1) is 5.82 Å². The molecule has 1 heterocycles. The van der Waals surface area contributed by atoms with Crippen LogP contribution < -0.4 is 4.74 Å². The summed E-state index contributed by atoms with van der Waals surface area (Å²) in [4.78, 5) is 0. The standard InChI is InChI=1S/C18H26FN3O4S2/c1-14(12-25-2)22-17(13-26-16-9-5-4-8-15(16)19)20-21-18(22)27-10-6-7-11-28(3,23)24/h4-5,8-9,14H,6-7,10-13H2,1-3H3/t14-/m1/s1. The third-order valence-corrected chi connectivity index (χ3v) is 5.98. The number of methoxy groups -OCH3 is 1. The summed E-state index contributed by atoms with van der Waals surface area (Å²) in [7, 11) is -1.32. The number of thioether (sulfide) groups is 1. The molecule has 1 atom stereocenters. The van der Waals surface area contributed by atoms with Crippen molar-refractivity contribution in [2.75, 3.05) is 31.5 Å². The number of nitrogens with zero attached hydrogens (tertiary/aromatic N) is 3. The number of ether oxygens (including phenoxy) is 2. The minimum atomic E-state index is -2.94. The van der Waals surface area contributed by atoms with E-state index in [0.29, 0.717) is 24.0 Å². The molecule has 0 spiro atoms. The lowest BCUT2D eigenvalue weighted by atomic mass is 10.3. The number of rotatable bonds is 12. The van der Waals surface area contributed by atoms with Gasteiger partial charge in [-0.05, 0) is 31.9 Å². The van der Waals surface area contributed by atoms with E-state index in [1.807, 2.05) is 11.5 Å². The number of hydrogen-bond acceptors (Lipinski definition) is 7. The molecule has 0 N–H and O–H groups in total. The smallest absolute Gasteiger partial charge is 0.191 e. The van der Waals surface area contributed by atoms with Crippen LogP contribution >= 0.6 is 11.8 Å². The molecule has 1 aromatic carbocycles. The number of para-hydroxylation sites is 1. The first kappa shape index (κ1) is 22.6. The fourth-order valence-electron chi connectivity index (χ4n) is 2.60. The molecule has 0 aliphatic carbocycles. The van der Waals surface area contributed by atoms with Gasteiger partial charge in [0.05, 0.1) is 12.6 Å². The van der Waals surface area contributed by atoms with E-state index in [9.17, 15) is 12.8 Å². The number of aromatic nitrogens is 3. The Labute approximate surface area is 169 Å². The zero-order chi connectivity index (χ0) is 20.6. The maximum atomic E-state index is 13.8. The highest BCUT2D eigenvalue weighted by Gasteiger charge is 2.19. The summed E-state index contributed by atoms with van der Waals surface area (Å²) in [6, 6.07) is 6.17. The second-order valence-corrected chi connectivity index (χ2v) is 9.80. The quantitative estimate of drug-likeness (QED) is 0.377. The van der Waals surface area contributed by atoms with Crippen LogP contribution in [-0.2, 0) is 21.2 Å². The van der Waals surface area contributed by atoms with Gasteiger partial charge in [-0.3, -0.25) is 4.57 Å². The first-order valence-corrected chi connectivity index (χ1v) is 12.0. The minimum Gasteiger partial charge on any atom is -0.483 e. The number of sulfone groups is 1. The highest BCUT2D eigenvalue weighted by atomic mass is 32.2. The first-order valence-electron chi connectivity index (χ1n) is 8.92. The third kappa shape index (κ3) is 7.06. The van der Waals surface area contributed by atoms with Gasteiger partial charge in [0.2, 0.25) is 0 Å². The molecule has 28 heavy (non-hydrogen) atoms. The maximum Gasteiger partial charge on any atom is 0.191 e. The van der Waals surface area contributed by atoms with Crippen molar-refractivity contribution in [2.45, 2.75) is 37.6 Å². The Morgan fingerprint density at radius 2 is 2.00 bits per heavy atom. The van der Waals surface area contributed by atoms with Crippen LogP contribution in [0.5, 0.6) is 5.75 Å². The van der Waals surface area contributed by atoms with Crippen LogP contribution in [0.3, 0.4) is 0 Å². The fourth-order valence-corrected chi connectivity index (χ4v) is 4.38. The van der Waals surface area contributed by atoms with Crippen LogP contribution in [0.2, 0.25) is 0 Å². The minimum absolute atomic E-state index is 0.0299. The van der Waals surface area contributed by atoms with Gasteiger partial charge in [0, 0.05) is 24.9 Å². The molecule has 156 valence electrons. The van der Waals surface area contributed by atoms with E-state index < -0.39 is 15.7 Å². The highest BCUT2D eigenvalue weighted by Crippen LogP contribution is 2.24. The molecule has 0 radical (unpaired) electrons. The van der Waals surface area contributed by atoms with Gasteiger partial charge in [-0.25, -0.2) is 12.8 Å². The van der Waals surface area contributed by atoms with Crippen molar-refractivity contribution in [3.8, 4) is 5.75 Å². The lowest BCUT2D eigenvalue weighted by Gasteiger charge is -2.17. The summed E-state index contributed by atoms with van der Waals surface area (Å²) in [5.41, 5.74) is 0. The highest BCUT2D eigenvalue weighted by molar-refractivity contribution is 7.99. The molecule has 0 aliphatic heterocycles. The van der Waals surface area contributed by atoms with Crippen molar-refractivity contribution in [1.29, 1.82) is 0 Å². The number of benzene rings is 1. The van der Waals surface area contributed by atoms with Crippen LogP contribution in [-0.4, -0.2) is 54.7 Å². The van der Waals surface area contributed by atoms with Crippen molar-refractivity contribution in [3.63, 3.8) is 0 Å².